The molecule has 2 aliphatic heterocycles. The van der Waals surface area contributed by atoms with E-state index in [2.05, 4.69) is 15.5 Å². The zero-order chi connectivity index (χ0) is 9.38. The standard InChI is InChI=1S/C9H13N3OS/c1(6-2-10-3-6)8-11-9(12-13-8)7-4-14-5-7/h6-7,10H,1-5H2. The van der Waals surface area contributed by atoms with E-state index in [0.717, 1.165) is 42.7 Å². The molecule has 1 aromatic heterocycles. The number of thioether (sulfide) groups is 1. The lowest BCUT2D eigenvalue weighted by Gasteiger charge is -2.25. The molecule has 3 rings (SSSR count). The van der Waals surface area contributed by atoms with Crippen molar-refractivity contribution < 1.29 is 4.52 Å². The van der Waals surface area contributed by atoms with E-state index in [4.69, 9.17) is 4.52 Å². The topological polar surface area (TPSA) is 51.0 Å². The lowest BCUT2D eigenvalue weighted by molar-refractivity contribution is 0.294. The van der Waals surface area contributed by atoms with Crippen molar-refractivity contribution in [3.05, 3.63) is 11.7 Å². The van der Waals surface area contributed by atoms with Gasteiger partial charge in [-0.25, -0.2) is 0 Å². The minimum Gasteiger partial charge on any atom is -0.339 e. The molecule has 5 heteroatoms. The third-order valence-corrected chi connectivity index (χ3v) is 4.09. The van der Waals surface area contributed by atoms with Crippen molar-refractivity contribution in [2.45, 2.75) is 12.3 Å². The molecule has 76 valence electrons. The molecule has 0 unspecified atom stereocenters. The highest BCUT2D eigenvalue weighted by Gasteiger charge is 2.26. The van der Waals surface area contributed by atoms with Crippen LogP contribution in [0.2, 0.25) is 0 Å². The predicted octanol–water partition coefficient (Wildman–Crippen LogP) is 0.662. The van der Waals surface area contributed by atoms with Crippen LogP contribution in [-0.2, 0) is 6.42 Å². The first kappa shape index (κ1) is 8.73. The van der Waals surface area contributed by atoms with Crippen LogP contribution in [0.25, 0.3) is 0 Å². The fraction of sp³-hybridized carbons (Fsp3) is 0.778. The Labute approximate surface area is 86.8 Å². The fourth-order valence-electron chi connectivity index (χ4n) is 1.64. The van der Waals surface area contributed by atoms with Gasteiger partial charge in [-0.1, -0.05) is 5.16 Å². The van der Waals surface area contributed by atoms with Gasteiger partial charge in [0.25, 0.3) is 0 Å². The summed E-state index contributed by atoms with van der Waals surface area (Å²) >= 11 is 1.95. The molecule has 0 bridgehead atoms. The number of nitrogens with zero attached hydrogens (tertiary/aromatic N) is 2. The van der Waals surface area contributed by atoms with E-state index < -0.39 is 0 Å². The molecule has 14 heavy (non-hydrogen) atoms. The minimum atomic E-state index is 0.553. The fourth-order valence-corrected chi connectivity index (χ4v) is 2.41. The number of rotatable bonds is 3. The van der Waals surface area contributed by atoms with Gasteiger partial charge < -0.3 is 9.84 Å². The Balaban J connectivity index is 1.63. The van der Waals surface area contributed by atoms with E-state index in [0.29, 0.717) is 11.8 Å². The third kappa shape index (κ3) is 1.54. The van der Waals surface area contributed by atoms with E-state index in [1.54, 1.807) is 0 Å². The zero-order valence-electron chi connectivity index (χ0n) is 7.90. The molecule has 3 heterocycles. The van der Waals surface area contributed by atoms with Crippen LogP contribution in [0.3, 0.4) is 0 Å². The van der Waals surface area contributed by atoms with Gasteiger partial charge in [-0.15, -0.1) is 0 Å². The highest BCUT2D eigenvalue weighted by atomic mass is 32.2. The molecule has 1 N–H and O–H groups in total. The van der Waals surface area contributed by atoms with Crippen molar-refractivity contribution >= 4 is 11.8 Å². The van der Waals surface area contributed by atoms with Gasteiger partial charge in [0.1, 0.15) is 0 Å². The van der Waals surface area contributed by atoms with E-state index in [1.807, 2.05) is 11.8 Å². The summed E-state index contributed by atoms with van der Waals surface area (Å²) in [6, 6.07) is 0. The second-order valence-corrected chi connectivity index (χ2v) is 5.08. The van der Waals surface area contributed by atoms with Gasteiger partial charge in [0.05, 0.1) is 0 Å². The molecule has 0 radical (unpaired) electrons. The van der Waals surface area contributed by atoms with Crippen LogP contribution in [0.15, 0.2) is 4.52 Å². The summed E-state index contributed by atoms with van der Waals surface area (Å²) < 4.78 is 5.23. The zero-order valence-corrected chi connectivity index (χ0v) is 8.72. The van der Waals surface area contributed by atoms with Crippen molar-refractivity contribution in [2.24, 2.45) is 5.92 Å². The molecule has 0 saturated carbocycles. The van der Waals surface area contributed by atoms with Crippen molar-refractivity contribution in [2.75, 3.05) is 24.6 Å². The second kappa shape index (κ2) is 3.55. The van der Waals surface area contributed by atoms with Gasteiger partial charge in [0.2, 0.25) is 5.89 Å². The van der Waals surface area contributed by atoms with Crippen molar-refractivity contribution in [3.8, 4) is 0 Å². The van der Waals surface area contributed by atoms with E-state index in [9.17, 15) is 0 Å². The first-order valence-electron chi connectivity index (χ1n) is 5.03. The largest absolute Gasteiger partial charge is 0.339 e. The first-order chi connectivity index (χ1) is 6.92. The number of hydrogen-bond acceptors (Lipinski definition) is 5. The van der Waals surface area contributed by atoms with Crippen LogP contribution in [0.5, 0.6) is 0 Å². The Hall–Kier alpha value is -0.550. The van der Waals surface area contributed by atoms with E-state index in [1.165, 1.54) is 0 Å². The van der Waals surface area contributed by atoms with Crippen LogP contribution < -0.4 is 5.32 Å². The Morgan fingerprint density at radius 3 is 2.86 bits per heavy atom. The van der Waals surface area contributed by atoms with Crippen LogP contribution in [0.1, 0.15) is 17.6 Å². The minimum absolute atomic E-state index is 0.553. The highest BCUT2D eigenvalue weighted by molar-refractivity contribution is 8.00. The average Bonchev–Trinajstić information content (AvgIpc) is 2.42. The molecule has 2 aliphatic rings. The van der Waals surface area contributed by atoms with Crippen LogP contribution >= 0.6 is 11.8 Å². The summed E-state index contributed by atoms with van der Waals surface area (Å²) in [5.41, 5.74) is 0. The number of aromatic nitrogens is 2. The van der Waals surface area contributed by atoms with Gasteiger partial charge in [0, 0.05) is 23.8 Å². The van der Waals surface area contributed by atoms with E-state index in [-0.39, 0.29) is 0 Å². The highest BCUT2D eigenvalue weighted by Crippen LogP contribution is 2.32. The molecule has 2 saturated heterocycles. The van der Waals surface area contributed by atoms with Crippen molar-refractivity contribution in [3.63, 3.8) is 0 Å². The average molecular weight is 211 g/mol. The van der Waals surface area contributed by atoms with Crippen LogP contribution in [0, 0.1) is 5.92 Å². The van der Waals surface area contributed by atoms with Gasteiger partial charge in [-0.05, 0) is 19.0 Å². The molecular formula is C9H13N3OS. The van der Waals surface area contributed by atoms with Crippen LogP contribution in [0.4, 0.5) is 0 Å². The Kier molecular flexibility index (Phi) is 2.21. The summed E-state index contributed by atoms with van der Waals surface area (Å²) in [5, 5.41) is 7.27. The molecule has 4 nitrogen and oxygen atoms in total. The van der Waals surface area contributed by atoms with Crippen LogP contribution in [-0.4, -0.2) is 34.7 Å². The normalized spacial score (nSPS) is 23.1. The SMILES string of the molecule is C1NCC1Cc1nc(C2CSC2)no1. The summed E-state index contributed by atoms with van der Waals surface area (Å²) in [4.78, 5) is 4.44. The van der Waals surface area contributed by atoms with Crippen molar-refractivity contribution in [1.82, 2.24) is 15.5 Å². The maximum absolute atomic E-state index is 5.23. The lowest BCUT2D eigenvalue weighted by Crippen LogP contribution is -2.43. The molecular weight excluding hydrogens is 198 g/mol. The predicted molar refractivity (Wildman–Crippen MR) is 54.4 cm³/mol. The maximum Gasteiger partial charge on any atom is 0.227 e. The third-order valence-electron chi connectivity index (χ3n) is 2.82. The molecule has 0 spiro atoms. The number of hydrogen-bond donors (Lipinski definition) is 1. The summed E-state index contributed by atoms with van der Waals surface area (Å²) in [7, 11) is 0. The quantitative estimate of drug-likeness (QED) is 0.796. The number of nitrogens with one attached hydrogen (secondary N) is 1. The maximum atomic E-state index is 5.23. The monoisotopic (exact) mass is 211 g/mol. The van der Waals surface area contributed by atoms with Gasteiger partial charge in [-0.2, -0.15) is 16.7 Å². The summed E-state index contributed by atoms with van der Waals surface area (Å²) in [6.07, 6.45) is 0.944. The molecule has 1 aromatic rings. The second-order valence-electron chi connectivity index (χ2n) is 4.01. The summed E-state index contributed by atoms with van der Waals surface area (Å²) in [5.74, 6) is 5.32. The summed E-state index contributed by atoms with van der Waals surface area (Å²) in [6.45, 7) is 2.19. The Morgan fingerprint density at radius 1 is 1.43 bits per heavy atom. The van der Waals surface area contributed by atoms with Gasteiger partial charge >= 0.3 is 0 Å². The van der Waals surface area contributed by atoms with E-state index >= 15 is 0 Å². The molecule has 0 aromatic carbocycles. The van der Waals surface area contributed by atoms with Gasteiger partial charge in [-0.3, -0.25) is 0 Å². The molecule has 0 aliphatic carbocycles. The lowest BCUT2D eigenvalue weighted by atomic mass is 10.00. The first-order valence-corrected chi connectivity index (χ1v) is 6.18. The Morgan fingerprint density at radius 2 is 2.29 bits per heavy atom. The van der Waals surface area contributed by atoms with Crippen molar-refractivity contribution in [1.29, 1.82) is 0 Å². The van der Waals surface area contributed by atoms with Gasteiger partial charge in [0.15, 0.2) is 5.82 Å². The molecule has 0 atom stereocenters. The molecule has 0 amide bonds. The molecule has 2 fully saturated rings. The smallest absolute Gasteiger partial charge is 0.227 e. The Bertz CT molecular complexity index is 320.